The molecule has 6 nitrogen and oxygen atoms in total. The van der Waals surface area contributed by atoms with Gasteiger partial charge >= 0.3 is 12.0 Å². The minimum absolute atomic E-state index is 0.449. The van der Waals surface area contributed by atoms with Gasteiger partial charge in [0.15, 0.2) is 0 Å². The van der Waals surface area contributed by atoms with Crippen molar-refractivity contribution in [2.45, 2.75) is 25.9 Å². The summed E-state index contributed by atoms with van der Waals surface area (Å²) in [5.74, 6) is -1.05. The van der Waals surface area contributed by atoms with Crippen molar-refractivity contribution < 1.29 is 14.7 Å². The molecule has 0 aliphatic carbocycles. The van der Waals surface area contributed by atoms with Crippen LogP contribution in [0, 0.1) is 0 Å². The Kier molecular flexibility index (Phi) is 7.25. The van der Waals surface area contributed by atoms with E-state index in [9.17, 15) is 9.59 Å². The average Bonchev–Trinajstić information content (AvgIpc) is 2.44. The van der Waals surface area contributed by atoms with Crippen molar-refractivity contribution in [2.75, 3.05) is 20.1 Å². The maximum Gasteiger partial charge on any atom is 0.325 e. The zero-order valence-corrected chi connectivity index (χ0v) is 12.5. The fourth-order valence-corrected chi connectivity index (χ4v) is 1.83. The molecule has 0 aromatic heterocycles. The van der Waals surface area contributed by atoms with Crippen LogP contribution in [0.1, 0.15) is 18.9 Å². The first kappa shape index (κ1) is 17.0. The van der Waals surface area contributed by atoms with Crippen molar-refractivity contribution in [3.05, 3.63) is 35.9 Å². The molecule has 1 rings (SSSR count). The Hall–Kier alpha value is -2.08. The topological polar surface area (TPSA) is 81.7 Å². The highest BCUT2D eigenvalue weighted by Gasteiger charge is 2.12. The van der Waals surface area contributed by atoms with Gasteiger partial charge in [0.05, 0.1) is 0 Å². The third kappa shape index (κ3) is 7.31. The van der Waals surface area contributed by atoms with Gasteiger partial charge in [0.25, 0.3) is 0 Å². The van der Waals surface area contributed by atoms with E-state index in [1.54, 1.807) is 0 Å². The molecular weight excluding hydrogens is 270 g/mol. The SMILES string of the molecule is CC(NC(=O)NCCCN(C)Cc1ccccc1)C(=O)O. The number of aliphatic carboxylic acids is 1. The predicted octanol–water partition coefficient (Wildman–Crippen LogP) is 1.28. The Morgan fingerprint density at radius 2 is 1.95 bits per heavy atom. The number of hydrogen-bond acceptors (Lipinski definition) is 3. The van der Waals surface area contributed by atoms with E-state index < -0.39 is 18.0 Å². The molecule has 0 spiro atoms. The summed E-state index contributed by atoms with van der Waals surface area (Å²) in [4.78, 5) is 24.1. The third-order valence-electron chi connectivity index (χ3n) is 3.02. The number of carboxylic acid groups (broad SMARTS) is 1. The summed E-state index contributed by atoms with van der Waals surface area (Å²) in [6.45, 7) is 3.65. The summed E-state index contributed by atoms with van der Waals surface area (Å²) in [5, 5.41) is 13.7. The molecule has 0 saturated heterocycles. The van der Waals surface area contributed by atoms with Crippen molar-refractivity contribution in [3.8, 4) is 0 Å². The van der Waals surface area contributed by atoms with E-state index in [1.807, 2.05) is 25.2 Å². The zero-order chi connectivity index (χ0) is 15.7. The molecule has 3 N–H and O–H groups in total. The van der Waals surface area contributed by atoms with E-state index in [0.717, 1.165) is 19.5 Å². The molecule has 1 unspecified atom stereocenters. The monoisotopic (exact) mass is 293 g/mol. The average molecular weight is 293 g/mol. The molecule has 0 radical (unpaired) electrons. The molecule has 21 heavy (non-hydrogen) atoms. The van der Waals surface area contributed by atoms with E-state index in [-0.39, 0.29) is 0 Å². The van der Waals surface area contributed by atoms with Crippen LogP contribution in [0.15, 0.2) is 30.3 Å². The Labute approximate surface area is 125 Å². The molecule has 0 bridgehead atoms. The van der Waals surface area contributed by atoms with Gasteiger partial charge in [0.1, 0.15) is 6.04 Å². The molecule has 1 aromatic carbocycles. The van der Waals surface area contributed by atoms with Gasteiger partial charge in [-0.25, -0.2) is 4.79 Å². The second-order valence-electron chi connectivity index (χ2n) is 5.04. The molecule has 116 valence electrons. The summed E-state index contributed by atoms with van der Waals surface area (Å²) in [6.07, 6.45) is 0.804. The molecule has 0 aliphatic heterocycles. The molecule has 2 amide bonds. The quantitative estimate of drug-likeness (QED) is 0.631. The highest BCUT2D eigenvalue weighted by molar-refractivity contribution is 5.82. The number of carboxylic acids is 1. The number of nitrogens with one attached hydrogen (secondary N) is 2. The summed E-state index contributed by atoms with van der Waals surface area (Å²) < 4.78 is 0. The maximum absolute atomic E-state index is 11.4. The second-order valence-corrected chi connectivity index (χ2v) is 5.04. The Morgan fingerprint density at radius 1 is 1.29 bits per heavy atom. The summed E-state index contributed by atoms with van der Waals surface area (Å²) in [6, 6.07) is 8.84. The predicted molar refractivity (Wildman–Crippen MR) is 81.0 cm³/mol. The van der Waals surface area contributed by atoms with Crippen LogP contribution in [0.3, 0.4) is 0 Å². The maximum atomic E-state index is 11.4. The van der Waals surface area contributed by atoms with Crippen molar-refractivity contribution in [2.24, 2.45) is 0 Å². The largest absolute Gasteiger partial charge is 0.480 e. The molecular formula is C15H23N3O3. The minimum atomic E-state index is -1.05. The van der Waals surface area contributed by atoms with Gasteiger partial charge in [-0.1, -0.05) is 30.3 Å². The van der Waals surface area contributed by atoms with Crippen LogP contribution < -0.4 is 10.6 Å². The third-order valence-corrected chi connectivity index (χ3v) is 3.02. The lowest BCUT2D eigenvalue weighted by molar-refractivity contribution is -0.138. The molecule has 1 atom stereocenters. The highest BCUT2D eigenvalue weighted by Crippen LogP contribution is 2.02. The van der Waals surface area contributed by atoms with Gasteiger partial charge in [0.2, 0.25) is 0 Å². The van der Waals surface area contributed by atoms with Gasteiger partial charge < -0.3 is 20.6 Å². The zero-order valence-electron chi connectivity index (χ0n) is 12.5. The standard InChI is InChI=1S/C15H23N3O3/c1-12(14(19)20)17-15(21)16-9-6-10-18(2)11-13-7-4-3-5-8-13/h3-5,7-8,12H,6,9-11H2,1-2H3,(H,19,20)(H2,16,17,21). The van der Waals surface area contributed by atoms with Crippen LogP contribution in [0.4, 0.5) is 4.79 Å². The number of benzene rings is 1. The van der Waals surface area contributed by atoms with Crippen LogP contribution in [0.25, 0.3) is 0 Å². The minimum Gasteiger partial charge on any atom is -0.480 e. The van der Waals surface area contributed by atoms with E-state index >= 15 is 0 Å². The van der Waals surface area contributed by atoms with Crippen LogP contribution in [0.2, 0.25) is 0 Å². The lowest BCUT2D eigenvalue weighted by Gasteiger charge is -2.17. The first-order valence-electron chi connectivity index (χ1n) is 6.98. The molecule has 0 heterocycles. The van der Waals surface area contributed by atoms with Gasteiger partial charge in [-0.15, -0.1) is 0 Å². The number of nitrogens with zero attached hydrogens (tertiary/aromatic N) is 1. The van der Waals surface area contributed by atoms with Gasteiger partial charge in [-0.3, -0.25) is 4.79 Å². The van der Waals surface area contributed by atoms with Crippen molar-refractivity contribution in [1.82, 2.24) is 15.5 Å². The molecule has 0 aliphatic rings. The Morgan fingerprint density at radius 3 is 2.57 bits per heavy atom. The van der Waals surface area contributed by atoms with Crippen LogP contribution in [-0.4, -0.2) is 48.2 Å². The molecule has 0 saturated carbocycles. The Bertz CT molecular complexity index is 451. The van der Waals surface area contributed by atoms with Crippen LogP contribution in [-0.2, 0) is 11.3 Å². The van der Waals surface area contributed by atoms with Crippen LogP contribution >= 0.6 is 0 Å². The number of hydrogen-bond donors (Lipinski definition) is 3. The number of urea groups is 1. The molecule has 1 aromatic rings. The van der Waals surface area contributed by atoms with Crippen molar-refractivity contribution in [1.29, 1.82) is 0 Å². The fourth-order valence-electron chi connectivity index (χ4n) is 1.83. The van der Waals surface area contributed by atoms with E-state index in [0.29, 0.717) is 6.54 Å². The smallest absolute Gasteiger partial charge is 0.325 e. The van der Waals surface area contributed by atoms with Gasteiger partial charge in [-0.2, -0.15) is 0 Å². The van der Waals surface area contributed by atoms with Crippen molar-refractivity contribution >= 4 is 12.0 Å². The van der Waals surface area contributed by atoms with Crippen LogP contribution in [0.5, 0.6) is 0 Å². The van der Waals surface area contributed by atoms with Gasteiger partial charge in [-0.05, 0) is 32.5 Å². The number of amides is 2. The highest BCUT2D eigenvalue weighted by atomic mass is 16.4. The lowest BCUT2D eigenvalue weighted by Crippen LogP contribution is -2.44. The first-order valence-corrected chi connectivity index (χ1v) is 6.98. The molecule has 0 fully saturated rings. The van der Waals surface area contributed by atoms with E-state index in [4.69, 9.17) is 5.11 Å². The van der Waals surface area contributed by atoms with E-state index in [2.05, 4.69) is 27.7 Å². The number of carbonyl (C=O) groups excluding carboxylic acids is 1. The fraction of sp³-hybridized carbons (Fsp3) is 0.467. The van der Waals surface area contributed by atoms with E-state index in [1.165, 1.54) is 12.5 Å². The lowest BCUT2D eigenvalue weighted by atomic mass is 10.2. The summed E-state index contributed by atoms with van der Waals surface area (Å²) >= 11 is 0. The second kappa shape index (κ2) is 8.97. The van der Waals surface area contributed by atoms with Crippen molar-refractivity contribution in [3.63, 3.8) is 0 Å². The number of rotatable bonds is 8. The summed E-state index contributed by atoms with van der Waals surface area (Å²) in [5.41, 5.74) is 1.25. The Balaban J connectivity index is 2.13. The first-order chi connectivity index (χ1) is 9.99. The molecule has 6 heteroatoms. The normalized spacial score (nSPS) is 12.0. The van der Waals surface area contributed by atoms with Gasteiger partial charge in [0, 0.05) is 13.1 Å². The summed E-state index contributed by atoms with van der Waals surface area (Å²) in [7, 11) is 2.03. The number of carbonyl (C=O) groups is 2.